The lowest BCUT2D eigenvalue weighted by molar-refractivity contribution is 0.779. The van der Waals surface area contributed by atoms with Crippen LogP contribution in [0.15, 0.2) is 18.2 Å². The molecular formula is C12H16N4. The predicted molar refractivity (Wildman–Crippen MR) is 66.6 cm³/mol. The molecular weight excluding hydrogens is 200 g/mol. The molecule has 0 radical (unpaired) electrons. The van der Waals surface area contributed by atoms with Crippen molar-refractivity contribution in [2.75, 3.05) is 23.7 Å². The molecule has 2 heterocycles. The minimum Gasteiger partial charge on any atom is -0.399 e. The topological polar surface area (TPSA) is 47.1 Å². The molecule has 1 saturated heterocycles. The minimum atomic E-state index is 0.806. The van der Waals surface area contributed by atoms with Gasteiger partial charge in [0.2, 0.25) is 0 Å². The Labute approximate surface area is 94.6 Å². The number of hydrogen-bond acceptors (Lipinski definition) is 3. The molecule has 4 nitrogen and oxygen atoms in total. The van der Waals surface area contributed by atoms with Gasteiger partial charge in [0.15, 0.2) is 5.82 Å². The smallest absolute Gasteiger partial charge is 0.158 e. The molecule has 1 aromatic carbocycles. The molecule has 0 aliphatic carbocycles. The average Bonchev–Trinajstić information content (AvgIpc) is 2.86. The first-order valence-corrected chi connectivity index (χ1v) is 5.73. The summed E-state index contributed by atoms with van der Waals surface area (Å²) in [5, 5.41) is 5.77. The molecule has 0 spiro atoms. The van der Waals surface area contributed by atoms with Crippen LogP contribution in [0.3, 0.4) is 0 Å². The molecule has 1 aliphatic heterocycles. The zero-order valence-electron chi connectivity index (χ0n) is 9.48. The van der Waals surface area contributed by atoms with Crippen LogP contribution in [0.25, 0.3) is 10.9 Å². The number of hydrogen-bond donors (Lipinski definition) is 1. The van der Waals surface area contributed by atoms with Crippen LogP contribution >= 0.6 is 0 Å². The van der Waals surface area contributed by atoms with Crippen LogP contribution in [0.2, 0.25) is 0 Å². The number of nitrogens with two attached hydrogens (primary N) is 1. The summed E-state index contributed by atoms with van der Waals surface area (Å²) in [4.78, 5) is 2.35. The van der Waals surface area contributed by atoms with E-state index in [9.17, 15) is 0 Å². The quantitative estimate of drug-likeness (QED) is 0.739. The maximum atomic E-state index is 5.85. The second-order valence-electron chi connectivity index (χ2n) is 4.42. The third-order valence-electron chi connectivity index (χ3n) is 3.26. The van der Waals surface area contributed by atoms with Crippen LogP contribution in [0, 0.1) is 0 Å². The molecule has 0 bridgehead atoms. The molecule has 1 fully saturated rings. The van der Waals surface area contributed by atoms with Crippen LogP contribution in [0.4, 0.5) is 11.5 Å². The molecule has 2 aromatic rings. The highest BCUT2D eigenvalue weighted by Gasteiger charge is 2.18. The molecule has 0 amide bonds. The van der Waals surface area contributed by atoms with E-state index in [4.69, 9.17) is 5.73 Å². The highest BCUT2D eigenvalue weighted by molar-refractivity contribution is 5.93. The van der Waals surface area contributed by atoms with Gasteiger partial charge in [-0.3, -0.25) is 4.68 Å². The second kappa shape index (κ2) is 3.40. The fourth-order valence-corrected chi connectivity index (χ4v) is 2.43. The Hall–Kier alpha value is -1.71. The first kappa shape index (κ1) is 9.51. The van der Waals surface area contributed by atoms with Gasteiger partial charge in [-0.05, 0) is 31.0 Å². The van der Waals surface area contributed by atoms with Crippen molar-refractivity contribution in [3.8, 4) is 0 Å². The Balaban J connectivity index is 2.19. The lowest BCUT2D eigenvalue weighted by Crippen LogP contribution is -2.18. The van der Waals surface area contributed by atoms with Crippen molar-refractivity contribution >= 4 is 22.4 Å². The van der Waals surface area contributed by atoms with Crippen molar-refractivity contribution in [3.05, 3.63) is 18.2 Å². The number of fused-ring (bicyclic) bond motifs is 1. The maximum Gasteiger partial charge on any atom is 0.158 e. The van der Waals surface area contributed by atoms with E-state index in [1.54, 1.807) is 0 Å². The minimum absolute atomic E-state index is 0.806. The Morgan fingerprint density at radius 3 is 2.75 bits per heavy atom. The van der Waals surface area contributed by atoms with Gasteiger partial charge in [0, 0.05) is 31.2 Å². The number of benzene rings is 1. The summed E-state index contributed by atoms with van der Waals surface area (Å²) >= 11 is 0. The van der Waals surface area contributed by atoms with E-state index in [0.717, 1.165) is 30.1 Å². The van der Waals surface area contributed by atoms with Gasteiger partial charge in [0.25, 0.3) is 0 Å². The molecule has 1 aliphatic rings. The largest absolute Gasteiger partial charge is 0.399 e. The highest BCUT2D eigenvalue weighted by atomic mass is 15.3. The average molecular weight is 216 g/mol. The molecule has 84 valence electrons. The third kappa shape index (κ3) is 1.33. The van der Waals surface area contributed by atoms with Crippen molar-refractivity contribution in [2.24, 2.45) is 7.05 Å². The van der Waals surface area contributed by atoms with E-state index < -0.39 is 0 Å². The number of nitrogens with zero attached hydrogens (tertiary/aromatic N) is 3. The fraction of sp³-hybridized carbons (Fsp3) is 0.417. The van der Waals surface area contributed by atoms with Crippen LogP contribution in [-0.2, 0) is 7.05 Å². The number of nitrogen functional groups attached to an aromatic ring is 1. The predicted octanol–water partition coefficient (Wildman–Crippen LogP) is 1.76. The number of aryl methyl sites for hydroxylation is 1. The Morgan fingerprint density at radius 1 is 1.25 bits per heavy atom. The maximum absolute atomic E-state index is 5.85. The standard InChI is InChI=1S/C12H16N4/c1-15-11-5-4-9(13)8-10(11)12(14-15)16-6-2-3-7-16/h4-5,8H,2-3,6-7,13H2,1H3. The van der Waals surface area contributed by atoms with E-state index in [0.29, 0.717) is 0 Å². The van der Waals surface area contributed by atoms with Crippen molar-refractivity contribution in [2.45, 2.75) is 12.8 Å². The Kier molecular flexibility index (Phi) is 2.02. The van der Waals surface area contributed by atoms with E-state index in [1.165, 1.54) is 18.2 Å². The number of anilines is 2. The van der Waals surface area contributed by atoms with Crippen LogP contribution in [0.5, 0.6) is 0 Å². The first-order valence-electron chi connectivity index (χ1n) is 5.73. The molecule has 16 heavy (non-hydrogen) atoms. The molecule has 3 rings (SSSR count). The van der Waals surface area contributed by atoms with Gasteiger partial charge in [0.05, 0.1) is 5.52 Å². The van der Waals surface area contributed by atoms with Gasteiger partial charge in [-0.1, -0.05) is 0 Å². The lowest BCUT2D eigenvalue weighted by Gasteiger charge is -2.14. The summed E-state index contributed by atoms with van der Waals surface area (Å²) in [6.07, 6.45) is 2.53. The molecule has 0 atom stereocenters. The summed E-state index contributed by atoms with van der Waals surface area (Å²) in [7, 11) is 1.98. The van der Waals surface area contributed by atoms with Gasteiger partial charge < -0.3 is 10.6 Å². The van der Waals surface area contributed by atoms with Crippen molar-refractivity contribution < 1.29 is 0 Å². The fourth-order valence-electron chi connectivity index (χ4n) is 2.43. The van der Waals surface area contributed by atoms with Gasteiger partial charge in [-0.15, -0.1) is 0 Å². The molecule has 0 unspecified atom stereocenters. The van der Waals surface area contributed by atoms with E-state index in [1.807, 2.05) is 29.9 Å². The Bertz CT molecular complexity index is 523. The van der Waals surface area contributed by atoms with Gasteiger partial charge in [-0.2, -0.15) is 5.10 Å². The van der Waals surface area contributed by atoms with Crippen LogP contribution in [-0.4, -0.2) is 22.9 Å². The van der Waals surface area contributed by atoms with E-state index in [-0.39, 0.29) is 0 Å². The van der Waals surface area contributed by atoms with Crippen LogP contribution < -0.4 is 10.6 Å². The van der Waals surface area contributed by atoms with E-state index >= 15 is 0 Å². The van der Waals surface area contributed by atoms with Gasteiger partial charge >= 0.3 is 0 Å². The van der Waals surface area contributed by atoms with E-state index in [2.05, 4.69) is 10.00 Å². The second-order valence-corrected chi connectivity index (χ2v) is 4.42. The monoisotopic (exact) mass is 216 g/mol. The number of aromatic nitrogens is 2. The first-order chi connectivity index (χ1) is 7.75. The molecule has 1 aromatic heterocycles. The molecule has 0 saturated carbocycles. The SMILES string of the molecule is Cn1nc(N2CCCC2)c2cc(N)ccc21. The molecule has 2 N–H and O–H groups in total. The third-order valence-corrected chi connectivity index (χ3v) is 3.26. The summed E-state index contributed by atoms with van der Waals surface area (Å²) in [6.45, 7) is 2.22. The van der Waals surface area contributed by atoms with Crippen molar-refractivity contribution in [1.82, 2.24) is 9.78 Å². The zero-order valence-corrected chi connectivity index (χ0v) is 9.48. The number of rotatable bonds is 1. The summed E-state index contributed by atoms with van der Waals surface area (Å²) in [5.74, 6) is 1.09. The van der Waals surface area contributed by atoms with Gasteiger partial charge in [-0.25, -0.2) is 0 Å². The highest BCUT2D eigenvalue weighted by Crippen LogP contribution is 2.29. The van der Waals surface area contributed by atoms with Crippen LogP contribution in [0.1, 0.15) is 12.8 Å². The lowest BCUT2D eigenvalue weighted by atomic mass is 10.2. The summed E-state index contributed by atoms with van der Waals surface area (Å²) < 4.78 is 1.93. The Morgan fingerprint density at radius 2 is 2.00 bits per heavy atom. The van der Waals surface area contributed by atoms with Crippen molar-refractivity contribution in [3.63, 3.8) is 0 Å². The zero-order chi connectivity index (χ0) is 11.1. The van der Waals surface area contributed by atoms with Crippen molar-refractivity contribution in [1.29, 1.82) is 0 Å². The summed E-state index contributed by atoms with van der Waals surface area (Å²) in [6, 6.07) is 5.99. The van der Waals surface area contributed by atoms with Gasteiger partial charge in [0.1, 0.15) is 0 Å². The normalized spacial score (nSPS) is 16.2. The molecule has 4 heteroatoms. The summed E-state index contributed by atoms with van der Waals surface area (Å²) in [5.41, 5.74) is 7.80.